The fourth-order valence-corrected chi connectivity index (χ4v) is 2.01. The molecule has 4 nitrogen and oxygen atoms in total. The van der Waals surface area contributed by atoms with Crippen LogP contribution < -0.4 is 4.74 Å². The molecule has 18 heavy (non-hydrogen) atoms. The van der Waals surface area contributed by atoms with Gasteiger partial charge in [-0.2, -0.15) is 0 Å². The topological polar surface area (TPSA) is 59.7 Å². The molecule has 0 atom stereocenters. The molecule has 1 aromatic carbocycles. The summed E-state index contributed by atoms with van der Waals surface area (Å²) in [5.41, 5.74) is 0. The van der Waals surface area contributed by atoms with Gasteiger partial charge in [-0.15, -0.1) is 0 Å². The molecular formula is C11H5BrCl2O4. The van der Waals surface area contributed by atoms with E-state index in [1.165, 1.54) is 18.2 Å². The Morgan fingerprint density at radius 3 is 2.61 bits per heavy atom. The van der Waals surface area contributed by atoms with Crippen LogP contribution in [0.1, 0.15) is 10.6 Å². The highest BCUT2D eigenvalue weighted by molar-refractivity contribution is 9.10. The molecule has 1 N–H and O–H groups in total. The Balaban J connectivity index is 2.28. The van der Waals surface area contributed by atoms with E-state index < -0.39 is 5.97 Å². The van der Waals surface area contributed by atoms with Crippen LogP contribution in [0, 0.1) is 0 Å². The predicted molar refractivity (Wildman–Crippen MR) is 69.9 cm³/mol. The number of carbonyl (C=O) groups is 1. The molecule has 0 unspecified atom stereocenters. The number of hydrogen-bond acceptors (Lipinski definition) is 3. The SMILES string of the molecule is O=C(O)c1ccc(Oc2cc(Cl)c(Br)cc2Cl)o1. The molecule has 2 rings (SSSR count). The van der Waals surface area contributed by atoms with E-state index in [9.17, 15) is 4.79 Å². The summed E-state index contributed by atoms with van der Waals surface area (Å²) in [6.07, 6.45) is 0. The quantitative estimate of drug-likeness (QED) is 0.804. The van der Waals surface area contributed by atoms with Gasteiger partial charge in [0, 0.05) is 16.6 Å². The molecule has 2 aromatic rings. The Bertz CT molecular complexity index is 609. The Labute approximate surface area is 120 Å². The molecule has 1 aromatic heterocycles. The highest BCUT2D eigenvalue weighted by Gasteiger charge is 2.13. The summed E-state index contributed by atoms with van der Waals surface area (Å²) in [5, 5.41) is 9.43. The van der Waals surface area contributed by atoms with Gasteiger partial charge in [0.05, 0.1) is 10.0 Å². The van der Waals surface area contributed by atoms with Crippen molar-refractivity contribution in [1.29, 1.82) is 0 Å². The van der Waals surface area contributed by atoms with Crippen molar-refractivity contribution in [3.05, 3.63) is 44.5 Å². The molecular weight excluding hydrogens is 347 g/mol. The van der Waals surface area contributed by atoms with Crippen LogP contribution in [-0.2, 0) is 0 Å². The van der Waals surface area contributed by atoms with Gasteiger partial charge in [-0.25, -0.2) is 4.79 Å². The van der Waals surface area contributed by atoms with Crippen LogP contribution in [0.5, 0.6) is 11.7 Å². The van der Waals surface area contributed by atoms with Crippen molar-refractivity contribution in [2.24, 2.45) is 0 Å². The average molecular weight is 352 g/mol. The summed E-state index contributed by atoms with van der Waals surface area (Å²) in [5.74, 6) is -1.10. The first-order valence-corrected chi connectivity index (χ1v) is 6.18. The van der Waals surface area contributed by atoms with Gasteiger partial charge in [0.1, 0.15) is 0 Å². The zero-order valence-corrected chi connectivity index (χ0v) is 11.7. The summed E-state index contributed by atoms with van der Waals surface area (Å²) in [4.78, 5) is 10.6. The molecule has 1 heterocycles. The van der Waals surface area contributed by atoms with Gasteiger partial charge in [0.25, 0.3) is 5.95 Å². The van der Waals surface area contributed by atoms with Crippen LogP contribution in [0.2, 0.25) is 10.0 Å². The van der Waals surface area contributed by atoms with Crippen LogP contribution in [0.15, 0.2) is 33.2 Å². The minimum absolute atomic E-state index is 0.0210. The molecule has 0 saturated heterocycles. The number of halogens is 3. The third-order valence-electron chi connectivity index (χ3n) is 1.98. The van der Waals surface area contributed by atoms with Crippen molar-refractivity contribution in [2.45, 2.75) is 0 Å². The standard InChI is InChI=1S/C11H5BrCl2O4/c12-5-3-7(14)9(4-6(5)13)18-10-2-1-8(17-10)11(15)16/h1-4H,(H,15,16). The zero-order chi connectivity index (χ0) is 13.3. The van der Waals surface area contributed by atoms with Gasteiger partial charge in [-0.3, -0.25) is 0 Å². The minimum atomic E-state index is -1.18. The maximum absolute atomic E-state index is 10.6. The molecule has 0 spiro atoms. The molecule has 0 bridgehead atoms. The van der Waals surface area contributed by atoms with E-state index in [2.05, 4.69) is 15.9 Å². The molecule has 94 valence electrons. The molecule has 0 aliphatic heterocycles. The van der Waals surface area contributed by atoms with Crippen LogP contribution in [0.4, 0.5) is 0 Å². The normalized spacial score (nSPS) is 10.4. The lowest BCUT2D eigenvalue weighted by Gasteiger charge is -2.06. The van der Waals surface area contributed by atoms with Gasteiger partial charge in [0.2, 0.25) is 5.76 Å². The second-order valence-electron chi connectivity index (χ2n) is 3.22. The summed E-state index contributed by atoms with van der Waals surface area (Å²) in [6.45, 7) is 0. The molecule has 0 aliphatic rings. The lowest BCUT2D eigenvalue weighted by Crippen LogP contribution is -1.91. The number of hydrogen-bond donors (Lipinski definition) is 1. The van der Waals surface area contributed by atoms with Gasteiger partial charge >= 0.3 is 5.97 Å². The van der Waals surface area contributed by atoms with Crippen LogP contribution in [-0.4, -0.2) is 11.1 Å². The van der Waals surface area contributed by atoms with Gasteiger partial charge in [-0.05, 0) is 28.1 Å². The van der Waals surface area contributed by atoms with Crippen LogP contribution in [0.25, 0.3) is 0 Å². The van der Waals surface area contributed by atoms with Gasteiger partial charge in [-0.1, -0.05) is 23.2 Å². The van der Waals surface area contributed by atoms with Crippen LogP contribution in [0.3, 0.4) is 0 Å². The van der Waals surface area contributed by atoms with E-state index in [1.807, 2.05) is 0 Å². The summed E-state index contributed by atoms with van der Waals surface area (Å²) >= 11 is 15.1. The predicted octanol–water partition coefficient (Wildman–Crippen LogP) is 4.84. The fourth-order valence-electron chi connectivity index (χ4n) is 1.18. The Hall–Kier alpha value is -1.17. The molecule has 0 aliphatic carbocycles. The highest BCUT2D eigenvalue weighted by Crippen LogP contribution is 2.36. The van der Waals surface area contributed by atoms with Gasteiger partial charge < -0.3 is 14.3 Å². The third kappa shape index (κ3) is 2.80. The largest absolute Gasteiger partial charge is 0.475 e. The monoisotopic (exact) mass is 350 g/mol. The molecule has 0 radical (unpaired) electrons. The van der Waals surface area contributed by atoms with E-state index in [0.717, 1.165) is 0 Å². The van der Waals surface area contributed by atoms with Crippen LogP contribution >= 0.6 is 39.1 Å². The van der Waals surface area contributed by atoms with Crippen molar-refractivity contribution < 1.29 is 19.1 Å². The average Bonchev–Trinajstić information content (AvgIpc) is 2.74. The molecule has 0 fully saturated rings. The first-order chi connectivity index (χ1) is 8.47. The van der Waals surface area contributed by atoms with Crippen molar-refractivity contribution in [3.63, 3.8) is 0 Å². The van der Waals surface area contributed by atoms with Crippen molar-refractivity contribution in [2.75, 3.05) is 0 Å². The van der Waals surface area contributed by atoms with E-state index in [0.29, 0.717) is 14.5 Å². The third-order valence-corrected chi connectivity index (χ3v) is 3.47. The Morgan fingerprint density at radius 1 is 1.28 bits per heavy atom. The minimum Gasteiger partial charge on any atom is -0.475 e. The number of ether oxygens (including phenoxy) is 1. The van der Waals surface area contributed by atoms with E-state index in [4.69, 9.17) is 37.5 Å². The zero-order valence-electron chi connectivity index (χ0n) is 8.62. The highest BCUT2D eigenvalue weighted by atomic mass is 79.9. The number of rotatable bonds is 3. The maximum Gasteiger partial charge on any atom is 0.371 e. The first-order valence-electron chi connectivity index (χ1n) is 4.63. The Morgan fingerprint density at radius 2 is 2.00 bits per heavy atom. The van der Waals surface area contributed by atoms with E-state index in [1.54, 1.807) is 6.07 Å². The van der Waals surface area contributed by atoms with E-state index in [-0.39, 0.29) is 17.5 Å². The van der Waals surface area contributed by atoms with E-state index >= 15 is 0 Å². The number of aromatic carboxylic acids is 1. The Kier molecular flexibility index (Phi) is 3.85. The number of carboxylic acids is 1. The summed E-state index contributed by atoms with van der Waals surface area (Å²) in [7, 11) is 0. The van der Waals surface area contributed by atoms with Crippen molar-refractivity contribution in [1.82, 2.24) is 0 Å². The molecule has 7 heteroatoms. The number of benzene rings is 1. The van der Waals surface area contributed by atoms with Crippen molar-refractivity contribution >= 4 is 45.1 Å². The van der Waals surface area contributed by atoms with Gasteiger partial charge in [0.15, 0.2) is 5.75 Å². The second kappa shape index (κ2) is 5.22. The summed E-state index contributed by atoms with van der Waals surface area (Å²) in [6, 6.07) is 5.74. The number of carboxylic acid groups (broad SMARTS) is 1. The second-order valence-corrected chi connectivity index (χ2v) is 4.89. The maximum atomic E-state index is 10.6. The first kappa shape index (κ1) is 13.3. The lowest BCUT2D eigenvalue weighted by molar-refractivity contribution is 0.0657. The summed E-state index contributed by atoms with van der Waals surface area (Å²) < 4.78 is 10.9. The lowest BCUT2D eigenvalue weighted by atomic mass is 10.3. The smallest absolute Gasteiger partial charge is 0.371 e. The fraction of sp³-hybridized carbons (Fsp3) is 0. The molecule has 0 amide bonds. The number of furan rings is 1. The molecule has 0 saturated carbocycles. The van der Waals surface area contributed by atoms with Crippen molar-refractivity contribution in [3.8, 4) is 11.7 Å².